The normalized spacial score (nSPS) is 29.1. The van der Waals surface area contributed by atoms with Gasteiger partial charge in [-0.1, -0.05) is 45.4 Å². The van der Waals surface area contributed by atoms with Crippen molar-refractivity contribution in [3.63, 3.8) is 0 Å². The molecule has 1 rings (SSSR count). The first-order chi connectivity index (χ1) is 6.34. The third-order valence-electron chi connectivity index (χ3n) is 3.46. The summed E-state index contributed by atoms with van der Waals surface area (Å²) in [5.41, 5.74) is 0. The lowest BCUT2D eigenvalue weighted by atomic mass is 9.78. The van der Waals surface area contributed by atoms with E-state index in [1.54, 1.807) is 0 Å². The molecule has 0 amide bonds. The van der Waals surface area contributed by atoms with E-state index >= 15 is 0 Å². The molecule has 0 saturated heterocycles. The van der Waals surface area contributed by atoms with E-state index in [2.05, 4.69) is 13.2 Å². The SMILES string of the molecule is CSCCCCC1CCCCC1C. The van der Waals surface area contributed by atoms with E-state index < -0.39 is 0 Å². The van der Waals surface area contributed by atoms with Crippen molar-refractivity contribution in [2.75, 3.05) is 12.0 Å². The van der Waals surface area contributed by atoms with Crippen LogP contribution in [0.15, 0.2) is 0 Å². The average Bonchev–Trinajstić information content (AvgIpc) is 2.15. The van der Waals surface area contributed by atoms with E-state index in [0.29, 0.717) is 0 Å². The molecular formula is C12H24S. The van der Waals surface area contributed by atoms with Gasteiger partial charge in [0.1, 0.15) is 0 Å². The van der Waals surface area contributed by atoms with E-state index in [-0.39, 0.29) is 0 Å². The molecule has 0 aliphatic heterocycles. The molecular weight excluding hydrogens is 176 g/mol. The molecule has 2 atom stereocenters. The molecule has 0 radical (unpaired) electrons. The summed E-state index contributed by atoms with van der Waals surface area (Å²) in [5.74, 6) is 3.44. The minimum Gasteiger partial charge on any atom is -0.165 e. The van der Waals surface area contributed by atoms with Crippen molar-refractivity contribution >= 4 is 11.8 Å². The first kappa shape index (κ1) is 11.4. The Morgan fingerprint density at radius 3 is 2.62 bits per heavy atom. The van der Waals surface area contributed by atoms with Crippen LogP contribution in [-0.4, -0.2) is 12.0 Å². The van der Waals surface area contributed by atoms with Gasteiger partial charge in [-0.25, -0.2) is 0 Å². The predicted octanol–water partition coefficient (Wildman–Crippen LogP) is 4.35. The summed E-state index contributed by atoms with van der Waals surface area (Å²) in [5, 5.41) is 0. The van der Waals surface area contributed by atoms with Gasteiger partial charge < -0.3 is 0 Å². The van der Waals surface area contributed by atoms with Gasteiger partial charge in [0.15, 0.2) is 0 Å². The van der Waals surface area contributed by atoms with Crippen LogP contribution >= 0.6 is 11.8 Å². The van der Waals surface area contributed by atoms with E-state index in [1.807, 2.05) is 11.8 Å². The lowest BCUT2D eigenvalue weighted by Crippen LogP contribution is -2.16. The Hall–Kier alpha value is 0.350. The summed E-state index contributed by atoms with van der Waals surface area (Å²) < 4.78 is 0. The largest absolute Gasteiger partial charge is 0.165 e. The second-order valence-corrected chi connectivity index (χ2v) is 5.50. The highest BCUT2D eigenvalue weighted by atomic mass is 32.2. The van der Waals surface area contributed by atoms with Crippen molar-refractivity contribution in [2.24, 2.45) is 11.8 Å². The molecule has 2 unspecified atom stereocenters. The van der Waals surface area contributed by atoms with Crippen molar-refractivity contribution < 1.29 is 0 Å². The zero-order chi connectivity index (χ0) is 9.52. The third-order valence-corrected chi connectivity index (χ3v) is 4.16. The molecule has 0 bridgehead atoms. The molecule has 0 spiro atoms. The highest BCUT2D eigenvalue weighted by molar-refractivity contribution is 7.98. The summed E-state index contributed by atoms with van der Waals surface area (Å²) >= 11 is 1.99. The first-order valence-corrected chi connectivity index (χ1v) is 7.23. The Labute approximate surface area is 87.9 Å². The Bertz CT molecular complexity index is 122. The quantitative estimate of drug-likeness (QED) is 0.595. The minimum absolute atomic E-state index is 1.02. The molecule has 0 aromatic carbocycles. The Morgan fingerprint density at radius 1 is 1.15 bits per heavy atom. The lowest BCUT2D eigenvalue weighted by molar-refractivity contribution is 0.238. The van der Waals surface area contributed by atoms with Gasteiger partial charge in [-0.3, -0.25) is 0 Å². The van der Waals surface area contributed by atoms with Crippen LogP contribution in [0.1, 0.15) is 51.9 Å². The van der Waals surface area contributed by atoms with Crippen LogP contribution in [-0.2, 0) is 0 Å². The van der Waals surface area contributed by atoms with Crippen molar-refractivity contribution in [3.8, 4) is 0 Å². The van der Waals surface area contributed by atoms with Crippen LogP contribution in [0.3, 0.4) is 0 Å². The molecule has 0 aromatic rings. The van der Waals surface area contributed by atoms with E-state index in [4.69, 9.17) is 0 Å². The van der Waals surface area contributed by atoms with E-state index in [1.165, 1.54) is 50.7 Å². The molecule has 1 aliphatic rings. The Kier molecular flexibility index (Phi) is 5.93. The molecule has 1 aliphatic carbocycles. The smallest absolute Gasteiger partial charge is 0.00703 e. The monoisotopic (exact) mass is 200 g/mol. The van der Waals surface area contributed by atoms with Crippen LogP contribution in [0.25, 0.3) is 0 Å². The molecule has 1 fully saturated rings. The molecule has 0 heterocycles. The van der Waals surface area contributed by atoms with Crippen LogP contribution in [0.5, 0.6) is 0 Å². The van der Waals surface area contributed by atoms with Crippen LogP contribution in [0.2, 0.25) is 0 Å². The van der Waals surface area contributed by atoms with Crippen molar-refractivity contribution in [3.05, 3.63) is 0 Å². The maximum atomic E-state index is 2.46. The molecule has 1 saturated carbocycles. The Morgan fingerprint density at radius 2 is 1.92 bits per heavy atom. The number of thioether (sulfide) groups is 1. The Balaban J connectivity index is 2.05. The van der Waals surface area contributed by atoms with Gasteiger partial charge in [-0.05, 0) is 30.3 Å². The fourth-order valence-electron chi connectivity index (χ4n) is 2.47. The van der Waals surface area contributed by atoms with Crippen molar-refractivity contribution in [1.82, 2.24) is 0 Å². The molecule has 0 aromatic heterocycles. The second-order valence-electron chi connectivity index (χ2n) is 4.51. The zero-order valence-electron chi connectivity index (χ0n) is 9.22. The number of hydrogen-bond donors (Lipinski definition) is 0. The fraction of sp³-hybridized carbons (Fsp3) is 1.00. The van der Waals surface area contributed by atoms with Crippen LogP contribution < -0.4 is 0 Å². The fourth-order valence-corrected chi connectivity index (χ4v) is 2.97. The molecule has 0 N–H and O–H groups in total. The molecule has 13 heavy (non-hydrogen) atoms. The van der Waals surface area contributed by atoms with Crippen LogP contribution in [0.4, 0.5) is 0 Å². The van der Waals surface area contributed by atoms with Gasteiger partial charge in [0.25, 0.3) is 0 Å². The van der Waals surface area contributed by atoms with Crippen LogP contribution in [0, 0.1) is 11.8 Å². The second kappa shape index (κ2) is 6.75. The lowest BCUT2D eigenvalue weighted by Gasteiger charge is -2.28. The van der Waals surface area contributed by atoms with Gasteiger partial charge >= 0.3 is 0 Å². The summed E-state index contributed by atoms with van der Waals surface area (Å²) in [7, 11) is 0. The maximum absolute atomic E-state index is 2.46. The van der Waals surface area contributed by atoms with Crippen molar-refractivity contribution in [2.45, 2.75) is 51.9 Å². The van der Waals surface area contributed by atoms with Gasteiger partial charge in [-0.2, -0.15) is 11.8 Å². The number of unbranched alkanes of at least 4 members (excludes halogenated alkanes) is 1. The average molecular weight is 200 g/mol. The van der Waals surface area contributed by atoms with Gasteiger partial charge in [-0.15, -0.1) is 0 Å². The van der Waals surface area contributed by atoms with E-state index in [0.717, 1.165) is 11.8 Å². The van der Waals surface area contributed by atoms with Gasteiger partial charge in [0.05, 0.1) is 0 Å². The highest BCUT2D eigenvalue weighted by Gasteiger charge is 2.20. The van der Waals surface area contributed by atoms with E-state index in [9.17, 15) is 0 Å². The van der Waals surface area contributed by atoms with Gasteiger partial charge in [0.2, 0.25) is 0 Å². The predicted molar refractivity (Wildman–Crippen MR) is 63.4 cm³/mol. The summed E-state index contributed by atoms with van der Waals surface area (Å²) in [6.07, 6.45) is 12.6. The number of hydrogen-bond acceptors (Lipinski definition) is 1. The maximum Gasteiger partial charge on any atom is -0.00703 e. The standard InChI is InChI=1S/C12H24S/c1-11-7-3-4-8-12(11)9-5-6-10-13-2/h11-12H,3-10H2,1-2H3. The zero-order valence-corrected chi connectivity index (χ0v) is 10.0. The van der Waals surface area contributed by atoms with Crippen molar-refractivity contribution in [1.29, 1.82) is 0 Å². The minimum atomic E-state index is 1.02. The van der Waals surface area contributed by atoms with Gasteiger partial charge in [0, 0.05) is 0 Å². The first-order valence-electron chi connectivity index (χ1n) is 5.83. The molecule has 0 nitrogen and oxygen atoms in total. The topological polar surface area (TPSA) is 0 Å². The molecule has 1 heteroatoms. The third kappa shape index (κ3) is 4.39. The number of rotatable bonds is 5. The molecule has 78 valence electrons. The summed E-state index contributed by atoms with van der Waals surface area (Å²) in [4.78, 5) is 0. The highest BCUT2D eigenvalue weighted by Crippen LogP contribution is 2.32. The summed E-state index contributed by atoms with van der Waals surface area (Å²) in [6.45, 7) is 2.46. The summed E-state index contributed by atoms with van der Waals surface area (Å²) in [6, 6.07) is 0.